The van der Waals surface area contributed by atoms with Gasteiger partial charge in [-0.2, -0.15) is 5.10 Å². The van der Waals surface area contributed by atoms with Crippen molar-refractivity contribution in [3.8, 4) is 0 Å². The first-order valence-corrected chi connectivity index (χ1v) is 12.5. The summed E-state index contributed by atoms with van der Waals surface area (Å²) in [6.45, 7) is 10.7. The highest BCUT2D eigenvalue weighted by Crippen LogP contribution is 2.38. The van der Waals surface area contributed by atoms with Gasteiger partial charge < -0.3 is 16.0 Å². The average molecular weight is 461 g/mol. The molecule has 180 valence electrons. The number of aromatic nitrogens is 3. The molecule has 0 spiro atoms. The molecule has 3 N–H and O–H groups in total. The number of carbonyl (C=O) groups is 1. The highest BCUT2D eigenvalue weighted by atomic mass is 16.1. The number of hydrogen-bond donors (Lipinski definition) is 3. The Labute approximate surface area is 202 Å². The average Bonchev–Trinajstić information content (AvgIpc) is 3.78. The van der Waals surface area contributed by atoms with Crippen LogP contribution in [0.3, 0.4) is 0 Å². The fourth-order valence-corrected chi connectivity index (χ4v) is 3.99. The van der Waals surface area contributed by atoms with Gasteiger partial charge in [0, 0.05) is 30.2 Å². The van der Waals surface area contributed by atoms with Crippen LogP contribution in [0.25, 0.3) is 11.2 Å². The van der Waals surface area contributed by atoms with Crippen molar-refractivity contribution in [1.82, 2.24) is 25.2 Å². The number of benzene rings is 1. The molecule has 2 aliphatic rings. The first-order valence-electron chi connectivity index (χ1n) is 12.5. The Morgan fingerprint density at radius 1 is 1.18 bits per heavy atom. The van der Waals surface area contributed by atoms with Gasteiger partial charge in [-0.1, -0.05) is 32.9 Å². The van der Waals surface area contributed by atoms with Gasteiger partial charge in [0.15, 0.2) is 5.82 Å². The monoisotopic (exact) mass is 460 g/mol. The molecule has 3 aromatic rings. The number of fused-ring (bicyclic) bond motifs is 1. The molecular formula is C27H36N6O. The standard InChI is InChI=1S/C25H30N6O.C2H6/c1-4-11-26-25(32)20-13-31-23(16(20)3)24(27-14-28-31)30-21-12-18(6-5-15(21)2)22(17-7-8-17)29-19-9-10-19;1-2/h5-6,12-14,19,29H,4,7-11H2,1-3H3,(H,26,32)(H,27,28,30);1-2H3. The summed E-state index contributed by atoms with van der Waals surface area (Å²) in [5.74, 6) is 0.619. The number of rotatable bonds is 8. The van der Waals surface area contributed by atoms with Gasteiger partial charge in [-0.05, 0) is 74.3 Å². The molecule has 1 amide bonds. The largest absolute Gasteiger partial charge is 0.382 e. The number of anilines is 2. The van der Waals surface area contributed by atoms with E-state index in [1.165, 1.54) is 48.8 Å². The molecule has 0 bridgehead atoms. The molecule has 7 nitrogen and oxygen atoms in total. The smallest absolute Gasteiger partial charge is 0.253 e. The molecule has 2 saturated carbocycles. The van der Waals surface area contributed by atoms with E-state index in [1.54, 1.807) is 10.7 Å². The van der Waals surface area contributed by atoms with Crippen LogP contribution in [-0.2, 0) is 0 Å². The van der Waals surface area contributed by atoms with Gasteiger partial charge in [0.25, 0.3) is 5.91 Å². The van der Waals surface area contributed by atoms with Crippen LogP contribution in [0, 0.1) is 13.8 Å². The highest BCUT2D eigenvalue weighted by molar-refractivity contribution is 5.99. The van der Waals surface area contributed by atoms with Crippen LogP contribution in [0.4, 0.5) is 11.5 Å². The lowest BCUT2D eigenvalue weighted by atomic mass is 10.1. The summed E-state index contributed by atoms with van der Waals surface area (Å²) in [4.78, 5) is 17.1. The second kappa shape index (κ2) is 10.3. The number of amides is 1. The molecule has 0 unspecified atom stereocenters. The summed E-state index contributed by atoms with van der Waals surface area (Å²) in [7, 11) is 0. The van der Waals surface area contributed by atoms with Gasteiger partial charge in [0.05, 0.1) is 5.56 Å². The van der Waals surface area contributed by atoms with Crippen LogP contribution in [0.5, 0.6) is 0 Å². The van der Waals surface area contributed by atoms with Crippen molar-refractivity contribution < 1.29 is 4.79 Å². The third kappa shape index (κ3) is 5.08. The van der Waals surface area contributed by atoms with Gasteiger partial charge in [-0.15, -0.1) is 0 Å². The van der Waals surface area contributed by atoms with E-state index in [0.717, 1.165) is 28.8 Å². The highest BCUT2D eigenvalue weighted by Gasteiger charge is 2.27. The van der Waals surface area contributed by atoms with Crippen LogP contribution in [0.1, 0.15) is 79.9 Å². The van der Waals surface area contributed by atoms with E-state index < -0.39 is 0 Å². The van der Waals surface area contributed by atoms with Gasteiger partial charge in [-0.25, -0.2) is 9.50 Å². The van der Waals surface area contributed by atoms with E-state index >= 15 is 0 Å². The Morgan fingerprint density at radius 3 is 2.62 bits per heavy atom. The number of aryl methyl sites for hydroxylation is 2. The van der Waals surface area contributed by atoms with E-state index in [1.807, 2.05) is 27.7 Å². The second-order valence-corrected chi connectivity index (χ2v) is 8.88. The molecule has 0 radical (unpaired) electrons. The van der Waals surface area contributed by atoms with E-state index in [2.05, 4.69) is 51.2 Å². The molecule has 2 aliphatic carbocycles. The third-order valence-electron chi connectivity index (χ3n) is 6.17. The molecule has 2 aromatic heterocycles. The normalized spacial score (nSPS) is 14.3. The van der Waals surface area contributed by atoms with Crippen LogP contribution in [0.2, 0.25) is 0 Å². The fraction of sp³-hybridized carbons (Fsp3) is 0.444. The number of nitrogens with one attached hydrogen (secondary N) is 3. The first kappa shape index (κ1) is 23.8. The van der Waals surface area contributed by atoms with Crippen molar-refractivity contribution in [2.45, 2.75) is 72.8 Å². The van der Waals surface area contributed by atoms with Crippen LogP contribution >= 0.6 is 0 Å². The van der Waals surface area contributed by atoms with Crippen molar-refractivity contribution in [2.24, 2.45) is 0 Å². The van der Waals surface area contributed by atoms with Crippen molar-refractivity contribution in [1.29, 1.82) is 0 Å². The molecule has 34 heavy (non-hydrogen) atoms. The maximum Gasteiger partial charge on any atom is 0.253 e. The Balaban J connectivity index is 0.00000133. The summed E-state index contributed by atoms with van der Waals surface area (Å²) in [5, 5.41) is 14.5. The molecule has 1 aromatic carbocycles. The Bertz CT molecular complexity index is 1220. The van der Waals surface area contributed by atoms with Crippen LogP contribution in [0.15, 0.2) is 36.3 Å². The molecular weight excluding hydrogens is 424 g/mol. The zero-order valence-corrected chi connectivity index (χ0v) is 21.0. The number of hydrogen-bond acceptors (Lipinski definition) is 5. The predicted octanol–water partition coefficient (Wildman–Crippen LogP) is 5.51. The minimum Gasteiger partial charge on any atom is -0.382 e. The van der Waals surface area contributed by atoms with Crippen molar-refractivity contribution in [3.05, 3.63) is 58.6 Å². The lowest BCUT2D eigenvalue weighted by Crippen LogP contribution is -2.24. The van der Waals surface area contributed by atoms with E-state index in [-0.39, 0.29) is 5.91 Å². The van der Waals surface area contributed by atoms with Crippen molar-refractivity contribution in [2.75, 3.05) is 11.9 Å². The third-order valence-corrected chi connectivity index (χ3v) is 6.17. The second-order valence-electron chi connectivity index (χ2n) is 8.88. The number of carbonyl (C=O) groups excluding carboxylic acids is 1. The Hall–Kier alpha value is -3.35. The summed E-state index contributed by atoms with van der Waals surface area (Å²) in [6.07, 6.45) is 9.08. The minimum absolute atomic E-state index is 0.0779. The van der Waals surface area contributed by atoms with Crippen LogP contribution in [-0.4, -0.2) is 33.1 Å². The van der Waals surface area contributed by atoms with Crippen molar-refractivity contribution in [3.63, 3.8) is 0 Å². The van der Waals surface area contributed by atoms with Gasteiger partial charge >= 0.3 is 0 Å². The zero-order valence-electron chi connectivity index (χ0n) is 21.0. The van der Waals surface area contributed by atoms with Crippen molar-refractivity contribution >= 4 is 28.6 Å². The number of nitrogens with zero attached hydrogens (tertiary/aromatic N) is 3. The molecule has 0 aliphatic heterocycles. The van der Waals surface area contributed by atoms with E-state index in [9.17, 15) is 4.79 Å². The first-order chi connectivity index (χ1) is 16.5. The molecule has 0 atom stereocenters. The molecule has 2 fully saturated rings. The topological polar surface area (TPSA) is 83.4 Å². The summed E-state index contributed by atoms with van der Waals surface area (Å²) in [5.41, 5.74) is 8.50. The van der Waals surface area contributed by atoms with E-state index in [0.29, 0.717) is 24.0 Å². The van der Waals surface area contributed by atoms with Gasteiger partial charge in [0.2, 0.25) is 0 Å². The molecule has 0 saturated heterocycles. The lowest BCUT2D eigenvalue weighted by Gasteiger charge is -2.15. The maximum absolute atomic E-state index is 12.6. The quantitative estimate of drug-likeness (QED) is 0.413. The SMILES string of the molecule is CC.CCCNC(=O)c1cn2ncnc(Nc3cc(C(NC4CC4)=C4CC4)ccc3C)c2c1C. The summed E-state index contributed by atoms with van der Waals surface area (Å²) in [6, 6.07) is 7.18. The van der Waals surface area contributed by atoms with Gasteiger partial charge in [-0.3, -0.25) is 4.79 Å². The Morgan fingerprint density at radius 2 is 1.94 bits per heavy atom. The predicted molar refractivity (Wildman–Crippen MR) is 138 cm³/mol. The maximum atomic E-state index is 12.6. The van der Waals surface area contributed by atoms with E-state index in [4.69, 9.17) is 0 Å². The molecule has 2 heterocycles. The minimum atomic E-state index is -0.0779. The summed E-state index contributed by atoms with van der Waals surface area (Å²) < 4.78 is 1.73. The molecule has 7 heteroatoms. The molecule has 5 rings (SSSR count). The fourth-order valence-electron chi connectivity index (χ4n) is 3.99. The zero-order chi connectivity index (χ0) is 24.2. The lowest BCUT2D eigenvalue weighted by molar-refractivity contribution is 0.0953. The number of allylic oxidation sites excluding steroid dienone is 1. The summed E-state index contributed by atoms with van der Waals surface area (Å²) >= 11 is 0. The Kier molecular flexibility index (Phi) is 7.20. The van der Waals surface area contributed by atoms with Gasteiger partial charge in [0.1, 0.15) is 11.8 Å². The van der Waals surface area contributed by atoms with Crippen LogP contribution < -0.4 is 16.0 Å².